The first kappa shape index (κ1) is 26.5. The molecule has 5 aromatic rings. The number of nitrogens with one attached hydrogen (secondary N) is 3. The molecule has 0 saturated heterocycles. The molecule has 204 valence electrons. The number of fused-ring (bicyclic) bond motifs is 1. The molecule has 41 heavy (non-hydrogen) atoms. The summed E-state index contributed by atoms with van der Waals surface area (Å²) in [5.41, 5.74) is 9.74. The Morgan fingerprint density at radius 1 is 0.927 bits per heavy atom. The van der Waals surface area contributed by atoms with Crippen LogP contribution in [0.5, 0.6) is 0 Å². The largest absolute Gasteiger partial charge is 0.324 e. The molecule has 1 aliphatic rings. The third-order valence-electron chi connectivity index (χ3n) is 6.52. The van der Waals surface area contributed by atoms with Gasteiger partial charge in [-0.15, -0.1) is 5.53 Å². The summed E-state index contributed by atoms with van der Waals surface area (Å²) in [6, 6.07) is 20.5. The Hall–Kier alpha value is -4.77. The molecule has 1 aliphatic heterocycles. The van der Waals surface area contributed by atoms with Crippen molar-refractivity contribution in [3.05, 3.63) is 124 Å². The standard InChI is InChI=1S/C29H22Cl2N8O2/c30-19-6-9-25(39-16-27(31)36-37-39)21(13-19)23-15-28(40)38(17-34-23)26(12-18-4-2-1-3-5-18)29(41)35-20-7-8-22-24(14-20)33-11-10-32-22/h1-11,13-17,26,36-37H,12H2,(H,35,41)/t26-/m0/s1. The molecular formula is C29H22Cl2N8O2. The van der Waals surface area contributed by atoms with Crippen LogP contribution in [0.2, 0.25) is 5.02 Å². The number of hydrazine groups is 2. The maximum atomic E-state index is 13.7. The maximum absolute atomic E-state index is 13.7. The zero-order chi connectivity index (χ0) is 28.3. The van der Waals surface area contributed by atoms with E-state index in [4.69, 9.17) is 23.2 Å². The summed E-state index contributed by atoms with van der Waals surface area (Å²) in [6.07, 6.45) is 6.51. The topological polar surface area (TPSA) is 117 Å². The van der Waals surface area contributed by atoms with Gasteiger partial charge in [-0.1, -0.05) is 53.5 Å². The predicted molar refractivity (Wildman–Crippen MR) is 159 cm³/mol. The smallest absolute Gasteiger partial charge is 0.254 e. The molecule has 0 unspecified atom stereocenters. The highest BCUT2D eigenvalue weighted by atomic mass is 35.5. The first-order valence-electron chi connectivity index (χ1n) is 12.6. The molecular weight excluding hydrogens is 563 g/mol. The van der Waals surface area contributed by atoms with E-state index >= 15 is 0 Å². The van der Waals surface area contributed by atoms with Gasteiger partial charge in [0.2, 0.25) is 5.91 Å². The van der Waals surface area contributed by atoms with E-state index in [1.54, 1.807) is 60.0 Å². The van der Waals surface area contributed by atoms with Crippen molar-refractivity contribution < 1.29 is 4.79 Å². The van der Waals surface area contributed by atoms with Crippen molar-refractivity contribution in [1.29, 1.82) is 0 Å². The van der Waals surface area contributed by atoms with E-state index in [2.05, 4.69) is 31.2 Å². The minimum absolute atomic E-state index is 0.274. The number of nitrogens with zero attached hydrogens (tertiary/aromatic N) is 5. The molecule has 0 radical (unpaired) electrons. The molecule has 10 nitrogen and oxygen atoms in total. The van der Waals surface area contributed by atoms with Crippen molar-refractivity contribution in [3.8, 4) is 11.3 Å². The van der Waals surface area contributed by atoms with Gasteiger partial charge in [0, 0.05) is 41.2 Å². The average Bonchev–Trinajstić information content (AvgIpc) is 3.42. The molecule has 6 rings (SSSR count). The lowest BCUT2D eigenvalue weighted by molar-refractivity contribution is -0.119. The number of hydrogen-bond acceptors (Lipinski definition) is 8. The van der Waals surface area contributed by atoms with Crippen LogP contribution in [-0.4, -0.2) is 25.4 Å². The lowest BCUT2D eigenvalue weighted by Crippen LogP contribution is -2.36. The summed E-state index contributed by atoms with van der Waals surface area (Å²) >= 11 is 12.4. The fraction of sp³-hybridized carbons (Fsp3) is 0.0690. The maximum Gasteiger partial charge on any atom is 0.254 e. The van der Waals surface area contributed by atoms with Crippen LogP contribution in [0.4, 0.5) is 11.4 Å². The van der Waals surface area contributed by atoms with Gasteiger partial charge in [0.15, 0.2) is 0 Å². The van der Waals surface area contributed by atoms with Gasteiger partial charge in [-0.2, -0.15) is 0 Å². The van der Waals surface area contributed by atoms with Crippen molar-refractivity contribution in [2.45, 2.75) is 12.5 Å². The van der Waals surface area contributed by atoms with Crippen LogP contribution in [-0.2, 0) is 11.2 Å². The molecule has 1 amide bonds. The van der Waals surface area contributed by atoms with E-state index in [0.717, 1.165) is 5.56 Å². The fourth-order valence-corrected chi connectivity index (χ4v) is 4.87. The Balaban J connectivity index is 1.35. The minimum atomic E-state index is -0.881. The second-order valence-electron chi connectivity index (χ2n) is 9.22. The summed E-state index contributed by atoms with van der Waals surface area (Å²) in [5.74, 6) is -0.371. The molecule has 12 heteroatoms. The highest BCUT2D eigenvalue weighted by molar-refractivity contribution is 6.31. The Bertz CT molecular complexity index is 1840. The monoisotopic (exact) mass is 584 g/mol. The number of amides is 1. The molecule has 3 N–H and O–H groups in total. The van der Waals surface area contributed by atoms with Gasteiger partial charge in [0.1, 0.15) is 11.2 Å². The summed E-state index contributed by atoms with van der Waals surface area (Å²) in [5, 5.41) is 5.45. The Morgan fingerprint density at radius 2 is 1.73 bits per heavy atom. The van der Waals surface area contributed by atoms with Crippen molar-refractivity contribution in [3.63, 3.8) is 0 Å². The average molecular weight is 585 g/mol. The molecule has 0 saturated carbocycles. The molecule has 1 atom stereocenters. The van der Waals surface area contributed by atoms with E-state index < -0.39 is 11.6 Å². The quantitative estimate of drug-likeness (QED) is 0.234. The normalized spacial score (nSPS) is 13.5. The molecule has 0 aliphatic carbocycles. The van der Waals surface area contributed by atoms with Crippen LogP contribution < -0.4 is 26.8 Å². The number of carbonyl (C=O) groups excluding carboxylic acids is 1. The number of anilines is 2. The van der Waals surface area contributed by atoms with Gasteiger partial charge < -0.3 is 5.32 Å². The van der Waals surface area contributed by atoms with Gasteiger partial charge in [0.25, 0.3) is 5.56 Å². The fourth-order valence-electron chi connectivity index (χ4n) is 4.56. The zero-order valence-corrected chi connectivity index (χ0v) is 22.8. The lowest BCUT2D eigenvalue weighted by Gasteiger charge is -2.21. The van der Waals surface area contributed by atoms with E-state index in [1.807, 2.05) is 30.3 Å². The SMILES string of the molecule is O=C(Nc1ccc2nccnc2c1)[C@H](Cc1ccccc1)n1cnc(-c2cc(Cl)ccc2N2C=C(Cl)NN2)cc1=O. The Kier molecular flexibility index (Phi) is 7.34. The Labute approximate surface area is 244 Å². The van der Waals surface area contributed by atoms with Gasteiger partial charge in [-0.3, -0.25) is 34.6 Å². The van der Waals surface area contributed by atoms with E-state index in [9.17, 15) is 9.59 Å². The van der Waals surface area contributed by atoms with Gasteiger partial charge in [-0.05, 0) is 42.0 Å². The number of hydrogen-bond donors (Lipinski definition) is 3. The highest BCUT2D eigenvalue weighted by Gasteiger charge is 2.24. The minimum Gasteiger partial charge on any atom is -0.324 e. The first-order valence-corrected chi connectivity index (χ1v) is 13.3. The number of halogens is 2. The van der Waals surface area contributed by atoms with Crippen LogP contribution >= 0.6 is 23.2 Å². The molecule has 2 aromatic heterocycles. The van der Waals surface area contributed by atoms with Crippen molar-refractivity contribution in [2.75, 3.05) is 10.3 Å². The summed E-state index contributed by atoms with van der Waals surface area (Å²) < 4.78 is 1.34. The number of benzene rings is 3. The number of carbonyl (C=O) groups is 1. The van der Waals surface area contributed by atoms with Crippen LogP contribution in [0, 0.1) is 0 Å². The van der Waals surface area contributed by atoms with Gasteiger partial charge in [0.05, 0.1) is 34.9 Å². The number of rotatable bonds is 7. The summed E-state index contributed by atoms with van der Waals surface area (Å²) in [7, 11) is 0. The number of aromatic nitrogens is 4. The molecule has 3 heterocycles. The molecule has 0 bridgehead atoms. The lowest BCUT2D eigenvalue weighted by atomic mass is 10.0. The molecule has 3 aromatic carbocycles. The van der Waals surface area contributed by atoms with Gasteiger partial charge >= 0.3 is 0 Å². The van der Waals surface area contributed by atoms with E-state index in [0.29, 0.717) is 43.8 Å². The third kappa shape index (κ3) is 5.75. The second kappa shape index (κ2) is 11.4. The zero-order valence-electron chi connectivity index (χ0n) is 21.3. The summed E-state index contributed by atoms with van der Waals surface area (Å²) in [6.45, 7) is 0. The third-order valence-corrected chi connectivity index (χ3v) is 6.94. The van der Waals surface area contributed by atoms with E-state index in [1.165, 1.54) is 17.0 Å². The van der Waals surface area contributed by atoms with Crippen LogP contribution in [0.25, 0.3) is 22.3 Å². The van der Waals surface area contributed by atoms with Crippen molar-refractivity contribution >= 4 is 51.5 Å². The first-order chi connectivity index (χ1) is 19.9. The van der Waals surface area contributed by atoms with Crippen LogP contribution in [0.15, 0.2) is 108 Å². The van der Waals surface area contributed by atoms with Crippen molar-refractivity contribution in [2.24, 2.45) is 0 Å². The molecule has 0 fully saturated rings. The highest BCUT2D eigenvalue weighted by Crippen LogP contribution is 2.32. The van der Waals surface area contributed by atoms with Crippen LogP contribution in [0.1, 0.15) is 11.6 Å². The predicted octanol–water partition coefficient (Wildman–Crippen LogP) is 4.80. The Morgan fingerprint density at radius 3 is 2.49 bits per heavy atom. The second-order valence-corrected chi connectivity index (χ2v) is 10.1. The van der Waals surface area contributed by atoms with Crippen LogP contribution in [0.3, 0.4) is 0 Å². The van der Waals surface area contributed by atoms with Gasteiger partial charge in [-0.25, -0.2) is 4.98 Å². The van der Waals surface area contributed by atoms with Crippen molar-refractivity contribution in [1.82, 2.24) is 30.5 Å². The summed E-state index contributed by atoms with van der Waals surface area (Å²) in [4.78, 5) is 40.4. The van der Waals surface area contributed by atoms with E-state index in [-0.39, 0.29) is 12.3 Å². The molecule has 0 spiro atoms.